The average molecular weight is 547 g/mol. The molecule has 37 heavy (non-hydrogen) atoms. The third kappa shape index (κ3) is 4.80. The molecule has 1 aromatic carbocycles. The van der Waals surface area contributed by atoms with Gasteiger partial charge in [-0.3, -0.25) is 4.57 Å². The van der Waals surface area contributed by atoms with Crippen LogP contribution in [0.15, 0.2) is 47.4 Å². The van der Waals surface area contributed by atoms with Crippen molar-refractivity contribution in [2.24, 2.45) is 0 Å². The molecule has 0 radical (unpaired) electrons. The van der Waals surface area contributed by atoms with Gasteiger partial charge >= 0.3 is 6.29 Å². The zero-order chi connectivity index (χ0) is 25.8. The monoisotopic (exact) mass is 546 g/mol. The van der Waals surface area contributed by atoms with Crippen LogP contribution >= 0.6 is 11.3 Å². The molecule has 6 rings (SSSR count). The summed E-state index contributed by atoms with van der Waals surface area (Å²) in [4.78, 5) is 11.6. The lowest BCUT2D eigenvalue weighted by atomic mass is 10.1. The smallest absolute Gasteiger partial charge is 0.395 e. The number of halogens is 2. The molecule has 0 spiro atoms. The van der Waals surface area contributed by atoms with Crippen molar-refractivity contribution < 1.29 is 26.7 Å². The molecule has 2 aliphatic heterocycles. The second-order valence-electron chi connectivity index (χ2n) is 9.38. The number of sulfone groups is 1. The van der Waals surface area contributed by atoms with Crippen LogP contribution in [0.1, 0.15) is 18.4 Å². The second-order valence-corrected chi connectivity index (χ2v) is 12.4. The van der Waals surface area contributed by atoms with Gasteiger partial charge in [0, 0.05) is 35.1 Å². The molecule has 1 saturated heterocycles. The number of fused-ring (bicyclic) bond motifs is 2. The number of likely N-dealkylation sites (N-methyl/N-ethyl adjacent to an activating group) is 1. The van der Waals surface area contributed by atoms with E-state index in [1.807, 2.05) is 35.3 Å². The van der Waals surface area contributed by atoms with Crippen molar-refractivity contribution in [1.82, 2.24) is 19.4 Å². The van der Waals surface area contributed by atoms with Crippen molar-refractivity contribution >= 4 is 32.2 Å². The van der Waals surface area contributed by atoms with E-state index in [9.17, 15) is 17.2 Å². The Bertz CT molecular complexity index is 1560. The number of alkyl halides is 2. The number of nitrogens with zero attached hydrogens (tertiary/aromatic N) is 4. The van der Waals surface area contributed by atoms with Gasteiger partial charge < -0.3 is 14.4 Å². The molecule has 4 aromatic rings. The number of ether oxygens (including phenoxy) is 2. The first-order valence-corrected chi connectivity index (χ1v) is 14.6. The Morgan fingerprint density at radius 1 is 1.16 bits per heavy atom. The van der Waals surface area contributed by atoms with Gasteiger partial charge in [-0.05, 0) is 62.2 Å². The van der Waals surface area contributed by atoms with Crippen LogP contribution in [0.5, 0.6) is 11.5 Å². The molecule has 2 aliphatic rings. The van der Waals surface area contributed by atoms with Crippen molar-refractivity contribution in [3.63, 3.8) is 0 Å². The number of benzene rings is 1. The van der Waals surface area contributed by atoms with Crippen LogP contribution in [0.2, 0.25) is 0 Å². The molecule has 3 aromatic heterocycles. The Kier molecular flexibility index (Phi) is 5.92. The molecule has 0 bridgehead atoms. The maximum Gasteiger partial charge on any atom is 0.586 e. The molecule has 5 heterocycles. The van der Waals surface area contributed by atoms with Crippen molar-refractivity contribution in [3.8, 4) is 28.6 Å². The predicted molar refractivity (Wildman–Crippen MR) is 136 cm³/mol. The van der Waals surface area contributed by atoms with Gasteiger partial charge in [0.2, 0.25) is 0 Å². The van der Waals surface area contributed by atoms with E-state index in [2.05, 4.69) is 19.4 Å². The lowest BCUT2D eigenvalue weighted by Gasteiger charge is -2.31. The summed E-state index contributed by atoms with van der Waals surface area (Å²) >= 11 is 1.48. The summed E-state index contributed by atoms with van der Waals surface area (Å²) < 4.78 is 61.6. The molecular weight excluding hydrogens is 522 g/mol. The lowest BCUT2D eigenvalue weighted by molar-refractivity contribution is -0.286. The van der Waals surface area contributed by atoms with E-state index in [0.717, 1.165) is 29.7 Å². The molecule has 0 N–H and O–H groups in total. The number of hydrogen-bond donors (Lipinski definition) is 0. The third-order valence-electron chi connectivity index (χ3n) is 6.98. The number of thiazole rings is 1. The van der Waals surface area contributed by atoms with Gasteiger partial charge in [-0.1, -0.05) is 0 Å². The largest absolute Gasteiger partial charge is 0.586 e. The van der Waals surface area contributed by atoms with Crippen molar-refractivity contribution in [3.05, 3.63) is 53.0 Å². The molecule has 0 atom stereocenters. The van der Waals surface area contributed by atoms with Crippen molar-refractivity contribution in [1.29, 1.82) is 0 Å². The van der Waals surface area contributed by atoms with Crippen molar-refractivity contribution in [2.75, 3.05) is 25.1 Å². The number of rotatable bonds is 6. The van der Waals surface area contributed by atoms with Gasteiger partial charge in [0.15, 0.2) is 11.5 Å². The van der Waals surface area contributed by atoms with Gasteiger partial charge in [-0.2, -0.15) is 0 Å². The summed E-state index contributed by atoms with van der Waals surface area (Å²) in [6.07, 6.45) is 0.437. The van der Waals surface area contributed by atoms with Gasteiger partial charge in [-0.25, -0.2) is 18.4 Å². The van der Waals surface area contributed by atoms with Crippen LogP contribution in [0.4, 0.5) is 8.78 Å². The van der Waals surface area contributed by atoms with Crippen LogP contribution in [0.3, 0.4) is 0 Å². The normalized spacial score (nSPS) is 18.6. The Balaban J connectivity index is 1.30. The topological polar surface area (TPSA) is 86.6 Å². The van der Waals surface area contributed by atoms with E-state index in [0.29, 0.717) is 29.7 Å². The quantitative estimate of drug-likeness (QED) is 0.351. The number of pyridine rings is 1. The third-order valence-corrected chi connectivity index (χ3v) is 9.27. The fourth-order valence-corrected chi connectivity index (χ4v) is 6.93. The molecule has 0 aliphatic carbocycles. The van der Waals surface area contributed by atoms with Crippen LogP contribution in [-0.2, 0) is 16.3 Å². The predicted octanol–water partition coefficient (Wildman–Crippen LogP) is 4.52. The first-order valence-electron chi connectivity index (χ1n) is 11.9. The van der Waals surface area contributed by atoms with Crippen LogP contribution in [-0.4, -0.2) is 65.3 Å². The molecule has 12 heteroatoms. The summed E-state index contributed by atoms with van der Waals surface area (Å²) in [6, 6.07) is 8.73. The van der Waals surface area contributed by atoms with Gasteiger partial charge in [0.05, 0.1) is 22.7 Å². The minimum atomic E-state index is -3.67. The zero-order valence-corrected chi connectivity index (χ0v) is 21.6. The highest BCUT2D eigenvalue weighted by molar-refractivity contribution is 7.91. The van der Waals surface area contributed by atoms with Gasteiger partial charge in [-0.15, -0.1) is 20.1 Å². The molecule has 194 valence electrons. The highest BCUT2D eigenvalue weighted by Crippen LogP contribution is 2.43. The fourth-order valence-electron chi connectivity index (χ4n) is 4.94. The zero-order valence-electron chi connectivity index (χ0n) is 19.9. The highest BCUT2D eigenvalue weighted by Gasteiger charge is 2.43. The molecular formula is C25H24F2N4O4S2. The molecule has 1 fully saturated rings. The fraction of sp³-hybridized carbons (Fsp3) is 0.360. The summed E-state index contributed by atoms with van der Waals surface area (Å²) in [5.41, 5.74) is 4.81. The van der Waals surface area contributed by atoms with Crippen LogP contribution in [0, 0.1) is 0 Å². The van der Waals surface area contributed by atoms with E-state index in [1.165, 1.54) is 23.5 Å². The van der Waals surface area contributed by atoms with E-state index < -0.39 is 16.1 Å². The molecule has 0 saturated carbocycles. The first-order chi connectivity index (χ1) is 17.7. The molecule has 8 nitrogen and oxygen atoms in total. The van der Waals surface area contributed by atoms with Crippen LogP contribution < -0.4 is 9.47 Å². The van der Waals surface area contributed by atoms with Crippen LogP contribution in [0.25, 0.3) is 28.1 Å². The van der Waals surface area contributed by atoms with E-state index in [4.69, 9.17) is 4.98 Å². The maximum absolute atomic E-state index is 13.5. The van der Waals surface area contributed by atoms with Gasteiger partial charge in [0.1, 0.15) is 21.3 Å². The Morgan fingerprint density at radius 3 is 2.70 bits per heavy atom. The number of aromatic nitrogens is 3. The van der Waals surface area contributed by atoms with E-state index in [1.54, 1.807) is 11.6 Å². The first kappa shape index (κ1) is 24.3. The van der Waals surface area contributed by atoms with E-state index >= 15 is 0 Å². The maximum atomic E-state index is 13.5. The minimum Gasteiger partial charge on any atom is -0.395 e. The highest BCUT2D eigenvalue weighted by atomic mass is 32.2. The Morgan fingerprint density at radius 2 is 1.95 bits per heavy atom. The standard InChI is InChI=1S/C25H24F2N4O4S2/c1-30(18-7-10-37(32,33)11-8-18)9-6-17-13-31(23-14-36-15-28-23)24-19(17)3-4-20(29-24)16-2-5-21-22(12-16)35-25(26,27)34-21/h2-5,12-15,18H,6-11H2,1H3. The second kappa shape index (κ2) is 9.03. The average Bonchev–Trinajstić information content (AvgIpc) is 3.57. The molecule has 0 amide bonds. The summed E-state index contributed by atoms with van der Waals surface area (Å²) in [6.45, 7) is 0.777. The Hall–Kier alpha value is -3.09. The SMILES string of the molecule is CN(CCc1cn(-c2cscn2)c2nc(-c3ccc4c(c3)OC(F)(F)O4)ccc12)C1CCS(=O)(=O)CC1. The Labute approximate surface area is 216 Å². The van der Waals surface area contributed by atoms with Gasteiger partial charge in [0.25, 0.3) is 0 Å². The minimum absolute atomic E-state index is 0.0114. The van der Waals surface area contributed by atoms with Crippen molar-refractivity contribution in [2.45, 2.75) is 31.6 Å². The summed E-state index contributed by atoms with van der Waals surface area (Å²) in [5.74, 6) is 1.20. The summed E-state index contributed by atoms with van der Waals surface area (Å²) in [5, 5.41) is 2.91. The van der Waals surface area contributed by atoms with E-state index in [-0.39, 0.29) is 29.0 Å². The summed E-state index contributed by atoms with van der Waals surface area (Å²) in [7, 11) is -0.856. The number of hydrogen-bond acceptors (Lipinski definition) is 8. The lowest BCUT2D eigenvalue weighted by Crippen LogP contribution is -2.39. The molecule has 0 unspecified atom stereocenters.